The molecule has 21 heavy (non-hydrogen) atoms. The second-order valence-electron chi connectivity index (χ2n) is 4.51. The molecule has 0 aliphatic rings. The van der Waals surface area contributed by atoms with Gasteiger partial charge < -0.3 is 10.1 Å². The lowest BCUT2D eigenvalue weighted by atomic mass is 10.1. The molecule has 0 radical (unpaired) electrons. The molecule has 0 aliphatic carbocycles. The van der Waals surface area contributed by atoms with E-state index in [4.69, 9.17) is 21.6 Å². The Morgan fingerprint density at radius 2 is 2.00 bits per heavy atom. The SMILES string of the molecule is CC(Nc1cc(Br)ccc1Cl)c1ccc(OCC#N)cc1. The highest BCUT2D eigenvalue weighted by atomic mass is 79.9. The van der Waals surface area contributed by atoms with Crippen LogP contribution in [-0.2, 0) is 0 Å². The monoisotopic (exact) mass is 364 g/mol. The van der Waals surface area contributed by atoms with Gasteiger partial charge in [-0.2, -0.15) is 5.26 Å². The maximum Gasteiger partial charge on any atom is 0.174 e. The number of rotatable bonds is 5. The summed E-state index contributed by atoms with van der Waals surface area (Å²) in [5.41, 5.74) is 1.98. The number of anilines is 1. The van der Waals surface area contributed by atoms with Gasteiger partial charge in [0.05, 0.1) is 10.7 Å². The van der Waals surface area contributed by atoms with E-state index < -0.39 is 0 Å². The van der Waals surface area contributed by atoms with Gasteiger partial charge in [-0.15, -0.1) is 0 Å². The van der Waals surface area contributed by atoms with E-state index in [1.165, 1.54) is 0 Å². The first-order valence-electron chi connectivity index (χ1n) is 6.41. The summed E-state index contributed by atoms with van der Waals surface area (Å²) in [5, 5.41) is 12.5. The molecule has 2 rings (SSSR count). The number of benzene rings is 2. The Morgan fingerprint density at radius 3 is 2.67 bits per heavy atom. The van der Waals surface area contributed by atoms with Crippen LogP contribution < -0.4 is 10.1 Å². The molecule has 1 N–H and O–H groups in total. The zero-order valence-electron chi connectivity index (χ0n) is 11.4. The van der Waals surface area contributed by atoms with Crippen LogP contribution in [0, 0.1) is 11.3 Å². The van der Waals surface area contributed by atoms with Crippen LogP contribution in [0.3, 0.4) is 0 Å². The second kappa shape index (κ2) is 7.35. The van der Waals surface area contributed by atoms with Crippen molar-refractivity contribution in [1.82, 2.24) is 0 Å². The zero-order valence-corrected chi connectivity index (χ0v) is 13.8. The highest BCUT2D eigenvalue weighted by Gasteiger charge is 2.08. The minimum atomic E-state index is 0.0563. The van der Waals surface area contributed by atoms with Crippen molar-refractivity contribution in [3.05, 3.63) is 57.5 Å². The molecule has 0 amide bonds. The van der Waals surface area contributed by atoms with E-state index in [1.807, 2.05) is 48.5 Å². The van der Waals surface area contributed by atoms with E-state index in [2.05, 4.69) is 28.2 Å². The smallest absolute Gasteiger partial charge is 0.174 e. The summed E-state index contributed by atoms with van der Waals surface area (Å²) >= 11 is 9.61. The maximum absolute atomic E-state index is 8.48. The number of nitrogens with zero attached hydrogens (tertiary/aromatic N) is 1. The number of hydrogen-bond donors (Lipinski definition) is 1. The van der Waals surface area contributed by atoms with Gasteiger partial charge in [-0.1, -0.05) is 39.7 Å². The molecule has 0 aromatic heterocycles. The third kappa shape index (κ3) is 4.38. The highest BCUT2D eigenvalue weighted by Crippen LogP contribution is 2.29. The van der Waals surface area contributed by atoms with Crippen LogP contribution in [-0.4, -0.2) is 6.61 Å². The minimum Gasteiger partial charge on any atom is -0.479 e. The molecule has 0 spiro atoms. The van der Waals surface area contributed by atoms with E-state index in [9.17, 15) is 0 Å². The van der Waals surface area contributed by atoms with Gasteiger partial charge in [0.2, 0.25) is 0 Å². The molecule has 5 heteroatoms. The first kappa shape index (κ1) is 15.7. The third-order valence-corrected chi connectivity index (χ3v) is 3.81. The predicted octanol–water partition coefficient (Wildman–Crippen LogP) is 5.18. The van der Waals surface area contributed by atoms with Gasteiger partial charge in [0.25, 0.3) is 0 Å². The molecule has 0 heterocycles. The molecule has 0 aliphatic heterocycles. The highest BCUT2D eigenvalue weighted by molar-refractivity contribution is 9.10. The summed E-state index contributed by atoms with van der Waals surface area (Å²) in [6, 6.07) is 15.4. The van der Waals surface area contributed by atoms with E-state index in [0.717, 1.165) is 15.7 Å². The Morgan fingerprint density at radius 1 is 1.29 bits per heavy atom. The number of hydrogen-bond acceptors (Lipinski definition) is 3. The zero-order chi connectivity index (χ0) is 15.2. The van der Waals surface area contributed by atoms with Crippen molar-refractivity contribution in [3.8, 4) is 11.8 Å². The average molecular weight is 366 g/mol. The van der Waals surface area contributed by atoms with Gasteiger partial charge in [0, 0.05) is 10.5 Å². The van der Waals surface area contributed by atoms with Crippen LogP contribution in [0.4, 0.5) is 5.69 Å². The first-order valence-corrected chi connectivity index (χ1v) is 7.58. The molecule has 0 bridgehead atoms. The fourth-order valence-electron chi connectivity index (χ4n) is 1.89. The first-order chi connectivity index (χ1) is 10.1. The Bertz CT molecular complexity index is 652. The van der Waals surface area contributed by atoms with Crippen LogP contribution in [0.1, 0.15) is 18.5 Å². The summed E-state index contributed by atoms with van der Waals surface area (Å²) in [7, 11) is 0. The van der Waals surface area contributed by atoms with Gasteiger partial charge in [0.15, 0.2) is 6.61 Å². The number of halogens is 2. The molecule has 1 atom stereocenters. The largest absolute Gasteiger partial charge is 0.479 e. The fourth-order valence-corrected chi connectivity index (χ4v) is 2.43. The van der Waals surface area contributed by atoms with E-state index in [0.29, 0.717) is 10.8 Å². The normalized spacial score (nSPS) is 11.5. The van der Waals surface area contributed by atoms with Crippen molar-refractivity contribution in [2.45, 2.75) is 13.0 Å². The second-order valence-corrected chi connectivity index (χ2v) is 5.83. The van der Waals surface area contributed by atoms with E-state index >= 15 is 0 Å². The van der Waals surface area contributed by atoms with Crippen molar-refractivity contribution in [2.24, 2.45) is 0 Å². The Kier molecular flexibility index (Phi) is 5.49. The molecule has 2 aromatic rings. The predicted molar refractivity (Wildman–Crippen MR) is 88.7 cm³/mol. The van der Waals surface area contributed by atoms with Crippen molar-refractivity contribution in [1.29, 1.82) is 5.26 Å². The topological polar surface area (TPSA) is 45.0 Å². The molecule has 108 valence electrons. The van der Waals surface area contributed by atoms with Crippen LogP contribution in [0.25, 0.3) is 0 Å². The number of nitriles is 1. The molecular formula is C16H14BrClN2O. The Labute approximate surface area is 137 Å². The molecule has 2 aromatic carbocycles. The average Bonchev–Trinajstić information content (AvgIpc) is 2.49. The number of nitrogens with one attached hydrogen (secondary N) is 1. The Balaban J connectivity index is 2.08. The summed E-state index contributed by atoms with van der Waals surface area (Å²) in [5.74, 6) is 0.688. The molecule has 3 nitrogen and oxygen atoms in total. The van der Waals surface area contributed by atoms with Gasteiger partial charge in [-0.25, -0.2) is 0 Å². The maximum atomic E-state index is 8.48. The van der Waals surface area contributed by atoms with Crippen LogP contribution in [0.2, 0.25) is 5.02 Å². The van der Waals surface area contributed by atoms with Crippen molar-refractivity contribution in [3.63, 3.8) is 0 Å². The summed E-state index contributed by atoms with van der Waals surface area (Å²) in [4.78, 5) is 0. The minimum absolute atomic E-state index is 0.0563. The fraction of sp³-hybridized carbons (Fsp3) is 0.188. The Hall–Kier alpha value is -1.70. The van der Waals surface area contributed by atoms with Gasteiger partial charge in [-0.3, -0.25) is 0 Å². The lowest BCUT2D eigenvalue weighted by Crippen LogP contribution is -2.07. The standard InChI is InChI=1S/C16H14BrClN2O/c1-11(20-16-10-13(17)4-7-15(16)18)12-2-5-14(6-3-12)21-9-8-19/h2-7,10-11,20H,9H2,1H3. The van der Waals surface area contributed by atoms with Gasteiger partial charge in [-0.05, 0) is 42.8 Å². The summed E-state index contributed by atoms with van der Waals surface area (Å²) < 4.78 is 6.21. The van der Waals surface area contributed by atoms with Crippen molar-refractivity contribution < 1.29 is 4.74 Å². The van der Waals surface area contributed by atoms with Gasteiger partial charge in [0.1, 0.15) is 11.8 Å². The molecule has 0 saturated carbocycles. The molecule has 0 saturated heterocycles. The van der Waals surface area contributed by atoms with E-state index in [1.54, 1.807) is 0 Å². The number of ether oxygens (including phenoxy) is 1. The van der Waals surface area contributed by atoms with Crippen molar-refractivity contribution in [2.75, 3.05) is 11.9 Å². The van der Waals surface area contributed by atoms with Gasteiger partial charge >= 0.3 is 0 Å². The van der Waals surface area contributed by atoms with Crippen molar-refractivity contribution >= 4 is 33.2 Å². The summed E-state index contributed by atoms with van der Waals surface area (Å²) in [6.45, 7) is 2.11. The lowest BCUT2D eigenvalue weighted by Gasteiger charge is -2.17. The van der Waals surface area contributed by atoms with Crippen LogP contribution in [0.5, 0.6) is 5.75 Å². The van der Waals surface area contributed by atoms with Crippen LogP contribution in [0.15, 0.2) is 46.9 Å². The molecule has 1 unspecified atom stereocenters. The third-order valence-electron chi connectivity index (χ3n) is 2.98. The molecule has 0 fully saturated rings. The molecular weight excluding hydrogens is 352 g/mol. The lowest BCUT2D eigenvalue weighted by molar-refractivity contribution is 0.368. The quantitative estimate of drug-likeness (QED) is 0.794. The van der Waals surface area contributed by atoms with Crippen LogP contribution >= 0.6 is 27.5 Å². The van der Waals surface area contributed by atoms with E-state index in [-0.39, 0.29) is 12.6 Å². The summed E-state index contributed by atoms with van der Waals surface area (Å²) in [6.07, 6.45) is 0.